The zero-order chi connectivity index (χ0) is 10.3. The molecule has 0 amide bonds. The highest BCUT2D eigenvalue weighted by Gasteiger charge is 2.57. The minimum Gasteiger partial charge on any atom is -0.481 e. The zero-order valence-corrected chi connectivity index (χ0v) is 7.85. The average molecular weight is 198 g/mol. The molecule has 0 radical (unpaired) electrons. The van der Waals surface area contributed by atoms with Gasteiger partial charge in [-0.05, 0) is 24.7 Å². The predicted octanol–water partition coefficient (Wildman–Crippen LogP) is 1.21. The van der Waals surface area contributed by atoms with Crippen molar-refractivity contribution in [2.45, 2.75) is 25.7 Å². The largest absolute Gasteiger partial charge is 0.481 e. The number of rotatable bonds is 2. The minimum absolute atomic E-state index is 0.127. The zero-order valence-electron chi connectivity index (χ0n) is 7.85. The molecule has 78 valence electrons. The maximum Gasteiger partial charge on any atom is 0.307 e. The summed E-state index contributed by atoms with van der Waals surface area (Å²) >= 11 is 0. The summed E-state index contributed by atoms with van der Waals surface area (Å²) in [7, 11) is 0. The molecule has 2 aliphatic carbocycles. The second-order valence-electron chi connectivity index (χ2n) is 4.34. The minimum atomic E-state index is -0.930. The maximum atomic E-state index is 10.9. The molecule has 0 aromatic carbocycles. The first-order valence-electron chi connectivity index (χ1n) is 5.08. The molecular weight excluding hydrogens is 184 g/mol. The van der Waals surface area contributed by atoms with Gasteiger partial charge in [-0.2, -0.15) is 0 Å². The normalized spacial score (nSPS) is 40.9. The standard InChI is InChI=1S/C10H14O4/c11-9(12)7-5-3-1-2-4-6(5)8(7)10(13)14/h5-8H,1-4H2,(H,11,12)(H,13,14). The Kier molecular flexibility index (Phi) is 2.21. The summed E-state index contributed by atoms with van der Waals surface area (Å²) in [5.41, 5.74) is 0. The van der Waals surface area contributed by atoms with Gasteiger partial charge in [0.05, 0.1) is 11.8 Å². The van der Waals surface area contributed by atoms with Gasteiger partial charge in [-0.1, -0.05) is 12.8 Å². The molecule has 14 heavy (non-hydrogen) atoms. The number of carbonyl (C=O) groups is 2. The highest BCUT2D eigenvalue weighted by molar-refractivity contribution is 5.82. The summed E-state index contributed by atoms with van der Waals surface area (Å²) in [5, 5.41) is 17.9. The van der Waals surface area contributed by atoms with E-state index < -0.39 is 23.8 Å². The van der Waals surface area contributed by atoms with E-state index in [1.165, 1.54) is 0 Å². The topological polar surface area (TPSA) is 74.6 Å². The van der Waals surface area contributed by atoms with Crippen molar-refractivity contribution in [2.24, 2.45) is 23.7 Å². The summed E-state index contributed by atoms with van der Waals surface area (Å²) < 4.78 is 0. The summed E-state index contributed by atoms with van der Waals surface area (Å²) in [5.74, 6) is -2.86. The molecule has 0 bridgehead atoms. The smallest absolute Gasteiger partial charge is 0.307 e. The van der Waals surface area contributed by atoms with Gasteiger partial charge in [-0.15, -0.1) is 0 Å². The Balaban J connectivity index is 2.15. The molecule has 2 rings (SSSR count). The fraction of sp³-hybridized carbons (Fsp3) is 0.800. The number of carboxylic acids is 2. The van der Waals surface area contributed by atoms with E-state index in [0.717, 1.165) is 25.7 Å². The van der Waals surface area contributed by atoms with Crippen molar-refractivity contribution in [3.05, 3.63) is 0 Å². The van der Waals surface area contributed by atoms with Crippen molar-refractivity contribution in [1.82, 2.24) is 0 Å². The Labute approximate surface area is 81.9 Å². The first-order chi connectivity index (χ1) is 6.63. The number of fused-ring (bicyclic) bond motifs is 1. The van der Waals surface area contributed by atoms with Gasteiger partial charge in [0.25, 0.3) is 0 Å². The molecule has 0 aromatic heterocycles. The molecule has 4 atom stereocenters. The number of aliphatic carboxylic acids is 2. The Morgan fingerprint density at radius 3 is 1.50 bits per heavy atom. The number of hydrogen-bond donors (Lipinski definition) is 2. The van der Waals surface area contributed by atoms with Gasteiger partial charge >= 0.3 is 11.9 Å². The summed E-state index contributed by atoms with van der Waals surface area (Å²) in [6, 6.07) is 0. The van der Waals surface area contributed by atoms with E-state index in [2.05, 4.69) is 0 Å². The van der Waals surface area contributed by atoms with E-state index in [9.17, 15) is 9.59 Å². The van der Waals surface area contributed by atoms with Crippen LogP contribution in [0, 0.1) is 23.7 Å². The SMILES string of the molecule is O=C(O)C1C2CCCCC2C1C(=O)O. The van der Waals surface area contributed by atoms with Crippen molar-refractivity contribution < 1.29 is 19.8 Å². The van der Waals surface area contributed by atoms with Crippen LogP contribution in [0.3, 0.4) is 0 Å². The Morgan fingerprint density at radius 2 is 1.21 bits per heavy atom. The van der Waals surface area contributed by atoms with E-state index in [0.29, 0.717) is 0 Å². The molecule has 0 aromatic rings. The lowest BCUT2D eigenvalue weighted by Crippen LogP contribution is -2.55. The third-order valence-corrected chi connectivity index (χ3v) is 3.75. The Bertz CT molecular complexity index is 245. The average Bonchev–Trinajstić information content (AvgIpc) is 2.05. The van der Waals surface area contributed by atoms with Gasteiger partial charge < -0.3 is 10.2 Å². The molecule has 2 aliphatic rings. The summed E-state index contributed by atoms with van der Waals surface area (Å²) in [4.78, 5) is 21.8. The molecule has 4 unspecified atom stereocenters. The lowest BCUT2D eigenvalue weighted by molar-refractivity contribution is -0.178. The molecule has 0 spiro atoms. The third kappa shape index (κ3) is 1.21. The predicted molar refractivity (Wildman–Crippen MR) is 47.7 cm³/mol. The van der Waals surface area contributed by atoms with Crippen LogP contribution in [0.25, 0.3) is 0 Å². The Hall–Kier alpha value is -1.06. The fourth-order valence-corrected chi connectivity index (χ4v) is 3.14. The molecule has 0 saturated heterocycles. The molecule has 2 fully saturated rings. The highest BCUT2D eigenvalue weighted by atomic mass is 16.4. The van der Waals surface area contributed by atoms with Crippen LogP contribution in [-0.4, -0.2) is 22.2 Å². The molecule has 0 heterocycles. The second kappa shape index (κ2) is 3.26. The van der Waals surface area contributed by atoms with E-state index in [4.69, 9.17) is 10.2 Å². The van der Waals surface area contributed by atoms with Gasteiger partial charge in [-0.25, -0.2) is 0 Å². The van der Waals surface area contributed by atoms with Gasteiger partial charge in [-0.3, -0.25) is 9.59 Å². The molecular formula is C10H14O4. The van der Waals surface area contributed by atoms with Crippen LogP contribution in [0.15, 0.2) is 0 Å². The van der Waals surface area contributed by atoms with E-state index in [1.54, 1.807) is 0 Å². The van der Waals surface area contributed by atoms with E-state index in [1.807, 2.05) is 0 Å². The molecule has 4 nitrogen and oxygen atoms in total. The van der Waals surface area contributed by atoms with Crippen LogP contribution in [0.1, 0.15) is 25.7 Å². The first-order valence-corrected chi connectivity index (χ1v) is 5.08. The van der Waals surface area contributed by atoms with Gasteiger partial charge in [0, 0.05) is 0 Å². The molecule has 2 N–H and O–H groups in total. The van der Waals surface area contributed by atoms with Crippen molar-refractivity contribution in [2.75, 3.05) is 0 Å². The van der Waals surface area contributed by atoms with Crippen molar-refractivity contribution in [3.63, 3.8) is 0 Å². The second-order valence-corrected chi connectivity index (χ2v) is 4.34. The van der Waals surface area contributed by atoms with Gasteiger partial charge in [0.2, 0.25) is 0 Å². The van der Waals surface area contributed by atoms with Crippen molar-refractivity contribution in [1.29, 1.82) is 0 Å². The summed E-state index contributed by atoms with van der Waals surface area (Å²) in [6.07, 6.45) is 3.89. The van der Waals surface area contributed by atoms with Crippen LogP contribution >= 0.6 is 0 Å². The third-order valence-electron chi connectivity index (χ3n) is 3.75. The van der Waals surface area contributed by atoms with Gasteiger partial charge in [0.1, 0.15) is 0 Å². The maximum absolute atomic E-state index is 10.9. The van der Waals surface area contributed by atoms with Crippen LogP contribution in [0.2, 0.25) is 0 Å². The van der Waals surface area contributed by atoms with Crippen LogP contribution in [0.4, 0.5) is 0 Å². The first kappa shape index (κ1) is 9.49. The van der Waals surface area contributed by atoms with Crippen LogP contribution in [-0.2, 0) is 9.59 Å². The number of carboxylic acid groups (broad SMARTS) is 2. The van der Waals surface area contributed by atoms with Gasteiger partial charge in [0.15, 0.2) is 0 Å². The fourth-order valence-electron chi connectivity index (χ4n) is 3.14. The molecule has 4 heteroatoms. The monoisotopic (exact) mass is 198 g/mol. The summed E-state index contributed by atoms with van der Waals surface area (Å²) in [6.45, 7) is 0. The van der Waals surface area contributed by atoms with Crippen LogP contribution in [0.5, 0.6) is 0 Å². The Morgan fingerprint density at radius 1 is 0.857 bits per heavy atom. The van der Waals surface area contributed by atoms with E-state index in [-0.39, 0.29) is 11.8 Å². The molecule has 2 saturated carbocycles. The molecule has 0 aliphatic heterocycles. The van der Waals surface area contributed by atoms with E-state index >= 15 is 0 Å². The van der Waals surface area contributed by atoms with Crippen molar-refractivity contribution in [3.8, 4) is 0 Å². The quantitative estimate of drug-likeness (QED) is 0.699. The van der Waals surface area contributed by atoms with Crippen LogP contribution < -0.4 is 0 Å². The lowest BCUT2D eigenvalue weighted by atomic mass is 9.52. The number of hydrogen-bond acceptors (Lipinski definition) is 2. The lowest BCUT2D eigenvalue weighted by Gasteiger charge is -2.50. The highest BCUT2D eigenvalue weighted by Crippen LogP contribution is 2.53. The van der Waals surface area contributed by atoms with Crippen molar-refractivity contribution >= 4 is 11.9 Å².